The van der Waals surface area contributed by atoms with E-state index in [0.717, 1.165) is 0 Å². The predicted molar refractivity (Wildman–Crippen MR) is 44.4 cm³/mol. The van der Waals surface area contributed by atoms with Crippen LogP contribution in [0.5, 0.6) is 0 Å². The van der Waals surface area contributed by atoms with Crippen LogP contribution in [0.25, 0.3) is 0 Å². The molecule has 0 heterocycles. The Morgan fingerprint density at radius 3 is 1.56 bits per heavy atom. The van der Waals surface area contributed by atoms with Crippen LogP contribution in [0.15, 0.2) is 0 Å². The first kappa shape index (κ1) is 15.5. The van der Waals surface area contributed by atoms with Crippen molar-refractivity contribution in [2.75, 3.05) is 0 Å². The van der Waals surface area contributed by atoms with Crippen molar-refractivity contribution in [2.45, 2.75) is 50.6 Å². The standard InChI is InChI=1S/C9H12F7/c1-2-3-4-5-6-7(10,8(11,12)13)9(14,15)16/h6H,2-5H2,1H3. The SMILES string of the molecule is CCCCC[CH]C(F)(C(F)(F)F)C(F)(F)F. The van der Waals surface area contributed by atoms with Crippen LogP contribution in [-0.2, 0) is 0 Å². The first-order valence-corrected chi connectivity index (χ1v) is 4.73. The highest BCUT2D eigenvalue weighted by Crippen LogP contribution is 2.48. The van der Waals surface area contributed by atoms with Gasteiger partial charge in [-0.1, -0.05) is 26.2 Å². The highest BCUT2D eigenvalue weighted by atomic mass is 19.4. The fourth-order valence-electron chi connectivity index (χ4n) is 1.09. The average Bonchev–Trinajstić information content (AvgIpc) is 2.08. The normalized spacial score (nSPS) is 14.2. The van der Waals surface area contributed by atoms with Crippen molar-refractivity contribution in [1.29, 1.82) is 0 Å². The van der Waals surface area contributed by atoms with Crippen LogP contribution >= 0.6 is 0 Å². The van der Waals surface area contributed by atoms with Crippen LogP contribution in [-0.4, -0.2) is 18.0 Å². The molecular weight excluding hydrogens is 241 g/mol. The molecule has 0 aliphatic rings. The van der Waals surface area contributed by atoms with Crippen LogP contribution in [0.4, 0.5) is 30.7 Å². The van der Waals surface area contributed by atoms with Gasteiger partial charge in [0.2, 0.25) is 0 Å². The lowest BCUT2D eigenvalue weighted by atomic mass is 9.96. The van der Waals surface area contributed by atoms with Crippen molar-refractivity contribution < 1.29 is 30.7 Å². The number of alkyl halides is 7. The molecule has 0 fully saturated rings. The summed E-state index contributed by atoms with van der Waals surface area (Å²) in [6, 6.07) is 0. The highest BCUT2D eigenvalue weighted by molar-refractivity contribution is 5.05. The Morgan fingerprint density at radius 2 is 1.25 bits per heavy atom. The lowest BCUT2D eigenvalue weighted by molar-refractivity contribution is -0.328. The van der Waals surface area contributed by atoms with Crippen molar-refractivity contribution in [3.05, 3.63) is 6.42 Å². The van der Waals surface area contributed by atoms with E-state index in [9.17, 15) is 30.7 Å². The molecule has 0 aromatic carbocycles. The van der Waals surface area contributed by atoms with Gasteiger partial charge in [0.1, 0.15) is 0 Å². The summed E-state index contributed by atoms with van der Waals surface area (Å²) in [5.74, 6) is 0. The monoisotopic (exact) mass is 253 g/mol. The molecule has 0 N–H and O–H groups in total. The maximum Gasteiger partial charge on any atom is 0.431 e. The zero-order valence-corrected chi connectivity index (χ0v) is 8.55. The molecule has 97 valence electrons. The van der Waals surface area contributed by atoms with Crippen LogP contribution < -0.4 is 0 Å². The first-order chi connectivity index (χ1) is 7.06. The number of unbranched alkanes of at least 4 members (excludes halogenated alkanes) is 3. The molecule has 0 amide bonds. The fraction of sp³-hybridized carbons (Fsp3) is 0.889. The summed E-state index contributed by atoms with van der Waals surface area (Å²) in [6.07, 6.45) is -11.6. The van der Waals surface area contributed by atoms with Gasteiger partial charge in [-0.05, 0) is 6.42 Å². The van der Waals surface area contributed by atoms with E-state index in [1.165, 1.54) is 0 Å². The molecule has 7 heteroatoms. The smallest absolute Gasteiger partial charge is 0.223 e. The number of hydrogen-bond donors (Lipinski definition) is 0. The second-order valence-electron chi connectivity index (χ2n) is 3.41. The summed E-state index contributed by atoms with van der Waals surface area (Å²) in [7, 11) is 0. The first-order valence-electron chi connectivity index (χ1n) is 4.73. The zero-order chi connectivity index (χ0) is 13.0. The van der Waals surface area contributed by atoms with Crippen LogP contribution in [0.3, 0.4) is 0 Å². The second-order valence-corrected chi connectivity index (χ2v) is 3.41. The van der Waals surface area contributed by atoms with Crippen LogP contribution in [0, 0.1) is 6.42 Å². The minimum atomic E-state index is -5.96. The van der Waals surface area contributed by atoms with Gasteiger partial charge in [0.15, 0.2) is 0 Å². The van der Waals surface area contributed by atoms with E-state index in [0.29, 0.717) is 12.8 Å². The van der Waals surface area contributed by atoms with Gasteiger partial charge >= 0.3 is 18.0 Å². The molecule has 1 radical (unpaired) electrons. The van der Waals surface area contributed by atoms with Gasteiger partial charge in [-0.25, -0.2) is 4.39 Å². The molecule has 0 saturated heterocycles. The molecule has 0 aliphatic heterocycles. The number of rotatable bonds is 5. The molecule has 0 spiro atoms. The Bertz CT molecular complexity index is 189. The third-order valence-electron chi connectivity index (χ3n) is 2.06. The lowest BCUT2D eigenvalue weighted by Crippen LogP contribution is -2.53. The van der Waals surface area contributed by atoms with E-state index in [1.54, 1.807) is 6.92 Å². The van der Waals surface area contributed by atoms with Gasteiger partial charge in [0.05, 0.1) is 0 Å². The van der Waals surface area contributed by atoms with Crippen molar-refractivity contribution in [3.8, 4) is 0 Å². The highest BCUT2D eigenvalue weighted by Gasteiger charge is 2.71. The molecule has 0 atom stereocenters. The van der Waals surface area contributed by atoms with Gasteiger partial charge in [-0.15, -0.1) is 0 Å². The molecule has 0 aromatic heterocycles. The molecule has 0 rings (SSSR count). The summed E-state index contributed by atoms with van der Waals surface area (Å²) < 4.78 is 84.8. The van der Waals surface area contributed by atoms with Gasteiger partial charge in [-0.3, -0.25) is 0 Å². The summed E-state index contributed by atoms with van der Waals surface area (Å²) in [5, 5.41) is 0. The molecule has 16 heavy (non-hydrogen) atoms. The van der Waals surface area contributed by atoms with Crippen molar-refractivity contribution in [3.63, 3.8) is 0 Å². The van der Waals surface area contributed by atoms with Crippen molar-refractivity contribution in [1.82, 2.24) is 0 Å². The largest absolute Gasteiger partial charge is 0.431 e. The summed E-state index contributed by atoms with van der Waals surface area (Å²) in [5.41, 5.74) is -5.20. The Labute approximate surface area is 88.8 Å². The van der Waals surface area contributed by atoms with Crippen LogP contribution in [0.2, 0.25) is 0 Å². The summed E-state index contributed by atoms with van der Waals surface area (Å²) in [4.78, 5) is 0. The topological polar surface area (TPSA) is 0 Å². The minimum Gasteiger partial charge on any atom is -0.223 e. The summed E-state index contributed by atoms with van der Waals surface area (Å²) in [6.45, 7) is 1.73. The van der Waals surface area contributed by atoms with E-state index in [1.807, 2.05) is 0 Å². The Morgan fingerprint density at radius 1 is 0.812 bits per heavy atom. The van der Waals surface area contributed by atoms with E-state index in [-0.39, 0.29) is 12.8 Å². The van der Waals surface area contributed by atoms with Gasteiger partial charge in [-0.2, -0.15) is 26.3 Å². The molecule has 0 aliphatic carbocycles. The fourth-order valence-corrected chi connectivity index (χ4v) is 1.09. The molecule has 0 bridgehead atoms. The predicted octanol–water partition coefficient (Wildman–Crippen LogP) is 4.60. The van der Waals surface area contributed by atoms with Gasteiger partial charge in [0, 0.05) is 6.42 Å². The van der Waals surface area contributed by atoms with E-state index in [4.69, 9.17) is 0 Å². The summed E-state index contributed by atoms with van der Waals surface area (Å²) >= 11 is 0. The van der Waals surface area contributed by atoms with Crippen molar-refractivity contribution in [2.24, 2.45) is 0 Å². The molecule has 0 aromatic rings. The van der Waals surface area contributed by atoms with E-state index < -0.39 is 24.4 Å². The molecule has 0 saturated carbocycles. The third-order valence-corrected chi connectivity index (χ3v) is 2.06. The zero-order valence-electron chi connectivity index (χ0n) is 8.55. The van der Waals surface area contributed by atoms with Crippen LogP contribution in [0.1, 0.15) is 32.6 Å². The number of hydrogen-bond acceptors (Lipinski definition) is 0. The molecular formula is C9H12F7. The Hall–Kier alpha value is -0.490. The van der Waals surface area contributed by atoms with E-state index >= 15 is 0 Å². The maximum absolute atomic E-state index is 12.9. The Kier molecular flexibility index (Phi) is 5.07. The van der Waals surface area contributed by atoms with Gasteiger partial charge in [0.25, 0.3) is 0 Å². The maximum atomic E-state index is 12.9. The lowest BCUT2D eigenvalue weighted by Gasteiger charge is -2.29. The van der Waals surface area contributed by atoms with E-state index in [2.05, 4.69) is 0 Å². The minimum absolute atomic E-state index is 0.105. The third kappa shape index (κ3) is 3.52. The molecule has 0 nitrogen and oxygen atoms in total. The number of halogens is 7. The Balaban J connectivity index is 4.59. The van der Waals surface area contributed by atoms with Crippen molar-refractivity contribution >= 4 is 0 Å². The molecule has 0 unspecified atom stereocenters. The second kappa shape index (κ2) is 5.23. The quantitative estimate of drug-likeness (QED) is 0.496. The average molecular weight is 253 g/mol. The van der Waals surface area contributed by atoms with Gasteiger partial charge < -0.3 is 0 Å².